The zero-order valence-electron chi connectivity index (χ0n) is 19.6. The fraction of sp³-hybridized carbons (Fsp3) is 0.308. The molecule has 1 atom stereocenters. The zero-order chi connectivity index (χ0) is 24.7. The van der Waals surface area contributed by atoms with E-state index in [1.54, 1.807) is 48.5 Å². The second-order valence-electron chi connectivity index (χ2n) is 7.45. The number of nitrogens with zero attached hydrogens (tertiary/aromatic N) is 1. The van der Waals surface area contributed by atoms with Gasteiger partial charge in [0.15, 0.2) is 11.5 Å². The lowest BCUT2D eigenvalue weighted by atomic mass is 9.95. The van der Waals surface area contributed by atoms with Gasteiger partial charge in [0.1, 0.15) is 18.1 Å². The van der Waals surface area contributed by atoms with Crippen LogP contribution in [0.2, 0.25) is 0 Å². The van der Waals surface area contributed by atoms with Gasteiger partial charge in [-0.25, -0.2) is 0 Å². The maximum Gasteiger partial charge on any atom is 0.295 e. The second kappa shape index (κ2) is 11.4. The molecule has 0 bridgehead atoms. The Hall–Kier alpha value is -3.78. The molecule has 1 N–H and O–H groups in total. The fourth-order valence-electron chi connectivity index (χ4n) is 3.80. The summed E-state index contributed by atoms with van der Waals surface area (Å²) in [7, 11) is 3.03. The first-order valence-corrected chi connectivity index (χ1v) is 10.9. The number of methoxy groups -OCH3 is 2. The highest BCUT2D eigenvalue weighted by atomic mass is 16.5. The summed E-state index contributed by atoms with van der Waals surface area (Å²) < 4.78 is 21.7. The van der Waals surface area contributed by atoms with E-state index in [9.17, 15) is 14.7 Å². The fourth-order valence-corrected chi connectivity index (χ4v) is 3.80. The molecule has 0 aliphatic carbocycles. The van der Waals surface area contributed by atoms with Gasteiger partial charge in [-0.1, -0.05) is 18.7 Å². The van der Waals surface area contributed by atoms with Gasteiger partial charge in [-0.2, -0.15) is 0 Å². The van der Waals surface area contributed by atoms with Crippen molar-refractivity contribution in [3.8, 4) is 17.2 Å². The molecular formula is C26H29NO7. The number of ketones is 1. The predicted octanol–water partition coefficient (Wildman–Crippen LogP) is 3.73. The van der Waals surface area contributed by atoms with E-state index in [2.05, 4.69) is 6.58 Å². The number of Topliss-reactive ketones (excluding diaryl/α,β-unsaturated/α-hetero) is 1. The molecule has 1 saturated heterocycles. The lowest BCUT2D eigenvalue weighted by molar-refractivity contribution is -0.140. The number of carbonyl (C=O) groups excluding carboxylic acids is 2. The number of rotatable bonds is 11. The van der Waals surface area contributed by atoms with Gasteiger partial charge in [0.05, 0.1) is 31.9 Å². The first-order valence-electron chi connectivity index (χ1n) is 10.9. The number of hydrogen-bond acceptors (Lipinski definition) is 7. The summed E-state index contributed by atoms with van der Waals surface area (Å²) in [5, 5.41) is 11.2. The minimum Gasteiger partial charge on any atom is -0.507 e. The van der Waals surface area contributed by atoms with Gasteiger partial charge in [-0.15, -0.1) is 0 Å². The van der Waals surface area contributed by atoms with Gasteiger partial charge >= 0.3 is 0 Å². The molecule has 2 aromatic carbocycles. The maximum atomic E-state index is 13.1. The number of aliphatic hydroxyl groups is 1. The van der Waals surface area contributed by atoms with Crippen molar-refractivity contribution in [2.24, 2.45) is 0 Å². The van der Waals surface area contributed by atoms with Crippen LogP contribution in [0.1, 0.15) is 24.1 Å². The summed E-state index contributed by atoms with van der Waals surface area (Å²) in [5.74, 6) is -0.157. The second-order valence-corrected chi connectivity index (χ2v) is 7.45. The van der Waals surface area contributed by atoms with Crippen molar-refractivity contribution < 1.29 is 33.6 Å². The molecule has 1 aliphatic heterocycles. The quantitative estimate of drug-likeness (QED) is 0.233. The lowest BCUT2D eigenvalue weighted by Crippen LogP contribution is -2.32. The molecule has 0 spiro atoms. The van der Waals surface area contributed by atoms with Crippen molar-refractivity contribution in [1.29, 1.82) is 0 Å². The van der Waals surface area contributed by atoms with Crippen LogP contribution in [0.15, 0.2) is 60.7 Å². The number of likely N-dealkylation sites (tertiary alicyclic amines) is 1. The third kappa shape index (κ3) is 5.07. The Bertz CT molecular complexity index is 1080. The van der Waals surface area contributed by atoms with E-state index in [0.717, 1.165) is 0 Å². The number of ether oxygens (including phenoxy) is 4. The first kappa shape index (κ1) is 24.9. The molecule has 1 heterocycles. The minimum atomic E-state index is -0.823. The third-order valence-corrected chi connectivity index (χ3v) is 5.38. The molecule has 1 aliphatic rings. The summed E-state index contributed by atoms with van der Waals surface area (Å²) in [6.45, 7) is 6.67. The van der Waals surface area contributed by atoms with Crippen LogP contribution in [0.25, 0.3) is 5.76 Å². The molecule has 8 nitrogen and oxygen atoms in total. The Kier molecular flexibility index (Phi) is 8.32. The van der Waals surface area contributed by atoms with Crippen LogP contribution in [0, 0.1) is 0 Å². The van der Waals surface area contributed by atoms with Crippen molar-refractivity contribution in [3.63, 3.8) is 0 Å². The Balaban J connectivity index is 2.10. The van der Waals surface area contributed by atoms with E-state index in [0.29, 0.717) is 41.6 Å². The molecular weight excluding hydrogens is 438 g/mol. The first-order chi connectivity index (χ1) is 16.5. The van der Waals surface area contributed by atoms with Crippen molar-refractivity contribution in [3.05, 3.63) is 71.8 Å². The summed E-state index contributed by atoms with van der Waals surface area (Å²) >= 11 is 0. The van der Waals surface area contributed by atoms with Gasteiger partial charge in [-0.3, -0.25) is 9.59 Å². The Morgan fingerprint density at radius 3 is 2.44 bits per heavy atom. The molecule has 0 saturated carbocycles. The van der Waals surface area contributed by atoms with Gasteiger partial charge in [0.2, 0.25) is 0 Å². The molecule has 1 fully saturated rings. The number of carbonyl (C=O) groups is 2. The molecule has 0 aromatic heterocycles. The largest absolute Gasteiger partial charge is 0.507 e. The topological polar surface area (TPSA) is 94.5 Å². The number of benzene rings is 2. The average molecular weight is 468 g/mol. The highest BCUT2D eigenvalue weighted by molar-refractivity contribution is 6.46. The highest BCUT2D eigenvalue weighted by Crippen LogP contribution is 2.42. The van der Waals surface area contributed by atoms with E-state index >= 15 is 0 Å². The van der Waals surface area contributed by atoms with Crippen LogP contribution in [-0.4, -0.2) is 62.3 Å². The summed E-state index contributed by atoms with van der Waals surface area (Å²) in [6.07, 6.45) is 1.63. The van der Waals surface area contributed by atoms with Gasteiger partial charge in [-0.05, 0) is 48.9 Å². The summed E-state index contributed by atoms with van der Waals surface area (Å²) in [5.41, 5.74) is 0.980. The van der Waals surface area contributed by atoms with E-state index in [1.165, 1.54) is 19.1 Å². The number of aliphatic hydroxyl groups excluding tert-OH is 1. The van der Waals surface area contributed by atoms with Crippen LogP contribution in [-0.2, 0) is 14.3 Å². The van der Waals surface area contributed by atoms with Crippen molar-refractivity contribution in [2.75, 3.05) is 40.6 Å². The van der Waals surface area contributed by atoms with E-state index in [4.69, 9.17) is 18.9 Å². The Morgan fingerprint density at radius 2 is 1.82 bits per heavy atom. The molecule has 8 heteroatoms. The van der Waals surface area contributed by atoms with E-state index in [1.807, 2.05) is 6.92 Å². The normalized spacial score (nSPS) is 17.0. The van der Waals surface area contributed by atoms with Crippen LogP contribution in [0.4, 0.5) is 0 Å². The molecule has 2 aromatic rings. The van der Waals surface area contributed by atoms with Crippen molar-refractivity contribution in [2.45, 2.75) is 13.0 Å². The van der Waals surface area contributed by atoms with Gasteiger partial charge in [0.25, 0.3) is 11.7 Å². The van der Waals surface area contributed by atoms with Gasteiger partial charge in [0, 0.05) is 19.2 Å². The summed E-state index contributed by atoms with van der Waals surface area (Å²) in [6, 6.07) is 11.0. The maximum absolute atomic E-state index is 13.1. The average Bonchev–Trinajstić information content (AvgIpc) is 3.11. The van der Waals surface area contributed by atoms with Crippen molar-refractivity contribution in [1.82, 2.24) is 4.90 Å². The van der Waals surface area contributed by atoms with Crippen molar-refractivity contribution >= 4 is 17.4 Å². The monoisotopic (exact) mass is 467 g/mol. The predicted molar refractivity (Wildman–Crippen MR) is 127 cm³/mol. The Morgan fingerprint density at radius 1 is 1.09 bits per heavy atom. The van der Waals surface area contributed by atoms with Crippen LogP contribution >= 0.6 is 0 Å². The molecule has 3 rings (SSSR count). The zero-order valence-corrected chi connectivity index (χ0v) is 19.6. The van der Waals surface area contributed by atoms with Crippen LogP contribution in [0.5, 0.6) is 17.2 Å². The number of amides is 1. The number of hydrogen-bond donors (Lipinski definition) is 1. The van der Waals surface area contributed by atoms with Crippen LogP contribution < -0.4 is 14.2 Å². The van der Waals surface area contributed by atoms with E-state index in [-0.39, 0.29) is 24.5 Å². The van der Waals surface area contributed by atoms with Crippen LogP contribution in [0.3, 0.4) is 0 Å². The van der Waals surface area contributed by atoms with E-state index < -0.39 is 17.7 Å². The third-order valence-electron chi connectivity index (χ3n) is 5.38. The summed E-state index contributed by atoms with van der Waals surface area (Å²) in [4.78, 5) is 27.4. The highest BCUT2D eigenvalue weighted by Gasteiger charge is 2.46. The smallest absolute Gasteiger partial charge is 0.295 e. The molecule has 180 valence electrons. The lowest BCUT2D eigenvalue weighted by Gasteiger charge is -2.25. The Labute approximate surface area is 199 Å². The minimum absolute atomic E-state index is 0.00734. The molecule has 34 heavy (non-hydrogen) atoms. The molecule has 1 amide bonds. The SMILES string of the molecule is C=CCOc1ccc(C(O)=C2C(=O)C(=O)N(CCOC)[C@H]2c2ccc(OCC)c(OC)c2)cc1. The van der Waals surface area contributed by atoms with Gasteiger partial charge < -0.3 is 29.0 Å². The standard InChI is InChI=1S/C26H29NO7/c1-5-14-34-19-10-7-17(8-11-19)24(28)22-23(27(13-15-31-3)26(30)25(22)29)18-9-12-20(33-6-2)21(16-18)32-4/h5,7-12,16,23,28H,1,6,13-15H2,2-4H3/t23-/m0/s1. The molecule has 0 unspecified atom stereocenters. The molecule has 0 radical (unpaired) electrons.